The summed E-state index contributed by atoms with van der Waals surface area (Å²) in [6.07, 6.45) is 0.779. The minimum atomic E-state index is -0.465. The second-order valence-corrected chi connectivity index (χ2v) is 10.1. The van der Waals surface area contributed by atoms with Crippen LogP contribution in [-0.2, 0) is 9.59 Å². The molecule has 3 aliphatic rings. The van der Waals surface area contributed by atoms with Crippen LogP contribution in [0.4, 0.5) is 11.4 Å². The molecule has 3 aliphatic heterocycles. The third-order valence-electron chi connectivity index (χ3n) is 8.02. The van der Waals surface area contributed by atoms with Crippen molar-refractivity contribution in [1.29, 1.82) is 0 Å². The molecule has 0 bridgehead atoms. The van der Waals surface area contributed by atoms with Gasteiger partial charge in [-0.1, -0.05) is 24.3 Å². The normalized spacial score (nSPS) is 20.4. The number of piperazine rings is 1. The molecule has 3 aromatic carbocycles. The number of carbonyl (C=O) groups excluding carboxylic acids is 2. The fourth-order valence-corrected chi connectivity index (χ4v) is 5.97. The van der Waals surface area contributed by atoms with Gasteiger partial charge in [0.05, 0.1) is 31.9 Å². The molecule has 208 valence electrons. The van der Waals surface area contributed by atoms with Crippen LogP contribution in [0.25, 0.3) is 0 Å². The lowest BCUT2D eigenvalue weighted by atomic mass is 9.82. The van der Waals surface area contributed by atoms with Crippen LogP contribution in [0.1, 0.15) is 24.4 Å². The summed E-state index contributed by atoms with van der Waals surface area (Å²) in [4.78, 5) is 33.6. The molecule has 0 aliphatic carbocycles. The predicted octanol–water partition coefficient (Wildman–Crippen LogP) is 4.27. The topological polar surface area (TPSA) is 80.8 Å². The number of methoxy groups -OCH3 is 2. The SMILES string of the molecule is COc1ccc(C2C(C(=O)N3CCN(c4ccccc4OC)CC3)CCC(=O)N2c2ccc3c(c2)OCO3)cc1. The van der Waals surface area contributed by atoms with Crippen LogP contribution in [0.3, 0.4) is 0 Å². The Morgan fingerprint density at radius 3 is 2.38 bits per heavy atom. The van der Waals surface area contributed by atoms with Crippen LogP contribution in [0.5, 0.6) is 23.0 Å². The van der Waals surface area contributed by atoms with E-state index in [1.165, 1.54) is 0 Å². The van der Waals surface area contributed by atoms with Gasteiger partial charge >= 0.3 is 0 Å². The maximum Gasteiger partial charge on any atom is 0.231 e. The molecule has 2 saturated heterocycles. The van der Waals surface area contributed by atoms with E-state index in [9.17, 15) is 9.59 Å². The number of amides is 2. The van der Waals surface area contributed by atoms with Gasteiger partial charge in [0.25, 0.3) is 0 Å². The highest BCUT2D eigenvalue weighted by Gasteiger charge is 2.43. The van der Waals surface area contributed by atoms with E-state index < -0.39 is 12.0 Å². The minimum Gasteiger partial charge on any atom is -0.497 e. The Bertz CT molecular complexity index is 1390. The van der Waals surface area contributed by atoms with Crippen LogP contribution in [0.15, 0.2) is 66.7 Å². The molecule has 9 heteroatoms. The summed E-state index contributed by atoms with van der Waals surface area (Å²) >= 11 is 0. The number of benzene rings is 3. The predicted molar refractivity (Wildman–Crippen MR) is 150 cm³/mol. The molecule has 2 unspecified atom stereocenters. The second kappa shape index (κ2) is 11.0. The molecule has 0 saturated carbocycles. The lowest BCUT2D eigenvalue weighted by Crippen LogP contribution is -2.54. The van der Waals surface area contributed by atoms with Gasteiger partial charge in [-0.2, -0.15) is 0 Å². The standard InChI is InChI=1S/C31H33N3O6/c1-37-23-10-7-21(8-11-23)30-24(12-14-29(35)34(30)22-9-13-27-28(19-22)40-20-39-27)31(36)33-17-15-32(16-18-33)25-5-3-4-6-26(25)38-2/h3-11,13,19,24,30H,12,14-18,20H2,1-2H3. The van der Waals surface area contributed by atoms with Gasteiger partial charge in [0.15, 0.2) is 11.5 Å². The fraction of sp³-hybridized carbons (Fsp3) is 0.355. The van der Waals surface area contributed by atoms with Crippen LogP contribution in [-0.4, -0.2) is 63.9 Å². The van der Waals surface area contributed by atoms with Crippen LogP contribution < -0.4 is 28.7 Å². The average Bonchev–Trinajstić information content (AvgIpc) is 3.49. The zero-order valence-electron chi connectivity index (χ0n) is 22.7. The second-order valence-electron chi connectivity index (χ2n) is 10.1. The third-order valence-corrected chi connectivity index (χ3v) is 8.02. The maximum absolute atomic E-state index is 14.2. The molecule has 9 nitrogen and oxygen atoms in total. The lowest BCUT2D eigenvalue weighted by molar-refractivity contribution is -0.138. The Morgan fingerprint density at radius 2 is 1.62 bits per heavy atom. The molecular formula is C31H33N3O6. The van der Waals surface area contributed by atoms with E-state index in [1.54, 1.807) is 19.1 Å². The molecule has 3 heterocycles. The molecule has 0 aromatic heterocycles. The van der Waals surface area contributed by atoms with Gasteiger partial charge in [-0.15, -0.1) is 0 Å². The molecule has 2 fully saturated rings. The highest BCUT2D eigenvalue weighted by atomic mass is 16.7. The van der Waals surface area contributed by atoms with Crippen molar-refractivity contribution in [1.82, 2.24) is 4.90 Å². The number of ether oxygens (including phenoxy) is 4. The van der Waals surface area contributed by atoms with Gasteiger partial charge in [0, 0.05) is 44.4 Å². The molecule has 0 radical (unpaired) electrons. The van der Waals surface area contributed by atoms with Crippen molar-refractivity contribution in [3.8, 4) is 23.0 Å². The number of carbonyl (C=O) groups is 2. The van der Waals surface area contributed by atoms with E-state index in [2.05, 4.69) is 4.90 Å². The maximum atomic E-state index is 14.2. The Balaban J connectivity index is 1.29. The van der Waals surface area contributed by atoms with E-state index in [0.717, 1.165) is 22.7 Å². The number of nitrogens with zero attached hydrogens (tertiary/aromatic N) is 3. The Hall–Kier alpha value is -4.40. The zero-order valence-corrected chi connectivity index (χ0v) is 22.7. The summed E-state index contributed by atoms with van der Waals surface area (Å²) in [5.41, 5.74) is 2.61. The van der Waals surface area contributed by atoms with Gasteiger partial charge < -0.3 is 33.6 Å². The molecule has 0 N–H and O–H groups in total. The van der Waals surface area contributed by atoms with Crippen molar-refractivity contribution in [2.75, 3.05) is 57.0 Å². The first-order chi connectivity index (χ1) is 19.6. The van der Waals surface area contributed by atoms with Gasteiger partial charge in [0.2, 0.25) is 18.6 Å². The zero-order chi connectivity index (χ0) is 27.6. The van der Waals surface area contributed by atoms with Crippen molar-refractivity contribution in [2.24, 2.45) is 5.92 Å². The molecule has 3 aromatic rings. The van der Waals surface area contributed by atoms with Crippen molar-refractivity contribution in [3.63, 3.8) is 0 Å². The van der Waals surface area contributed by atoms with Gasteiger partial charge in [-0.25, -0.2) is 0 Å². The van der Waals surface area contributed by atoms with Gasteiger partial charge in [-0.05, 0) is 48.4 Å². The van der Waals surface area contributed by atoms with Crippen LogP contribution >= 0.6 is 0 Å². The molecule has 0 spiro atoms. The van der Waals surface area contributed by atoms with E-state index in [1.807, 2.05) is 71.6 Å². The molecular weight excluding hydrogens is 510 g/mol. The van der Waals surface area contributed by atoms with E-state index >= 15 is 0 Å². The first-order valence-corrected chi connectivity index (χ1v) is 13.6. The Kier molecular flexibility index (Phi) is 7.11. The smallest absolute Gasteiger partial charge is 0.231 e. The van der Waals surface area contributed by atoms with Gasteiger partial charge in [0.1, 0.15) is 11.5 Å². The summed E-state index contributed by atoms with van der Waals surface area (Å²) in [5, 5.41) is 0. The lowest BCUT2D eigenvalue weighted by Gasteiger charge is -2.44. The summed E-state index contributed by atoms with van der Waals surface area (Å²) < 4.78 is 22.0. The summed E-state index contributed by atoms with van der Waals surface area (Å²) in [6.45, 7) is 2.76. The number of piperidine rings is 1. The number of para-hydroxylation sites is 2. The summed E-state index contributed by atoms with van der Waals surface area (Å²) in [7, 11) is 3.29. The highest BCUT2D eigenvalue weighted by Crippen LogP contribution is 2.44. The Labute approximate surface area is 233 Å². The highest BCUT2D eigenvalue weighted by molar-refractivity contribution is 5.98. The number of anilines is 2. The molecule has 6 rings (SSSR count). The molecule has 2 atom stereocenters. The minimum absolute atomic E-state index is 0.0234. The first kappa shape index (κ1) is 25.9. The largest absolute Gasteiger partial charge is 0.497 e. The van der Waals surface area contributed by atoms with Crippen LogP contribution in [0.2, 0.25) is 0 Å². The Morgan fingerprint density at radius 1 is 0.875 bits per heavy atom. The number of hydrogen-bond donors (Lipinski definition) is 0. The van der Waals surface area contributed by atoms with Gasteiger partial charge in [-0.3, -0.25) is 9.59 Å². The fourth-order valence-electron chi connectivity index (χ4n) is 5.97. The monoisotopic (exact) mass is 543 g/mol. The van der Waals surface area contributed by atoms with E-state index in [4.69, 9.17) is 18.9 Å². The van der Waals surface area contributed by atoms with Crippen LogP contribution in [0, 0.1) is 5.92 Å². The number of rotatable bonds is 6. The van der Waals surface area contributed by atoms with E-state index in [0.29, 0.717) is 56.2 Å². The number of fused-ring (bicyclic) bond motifs is 1. The molecule has 2 amide bonds. The van der Waals surface area contributed by atoms with Crippen molar-refractivity contribution < 1.29 is 28.5 Å². The van der Waals surface area contributed by atoms with Crippen molar-refractivity contribution >= 4 is 23.2 Å². The quantitative estimate of drug-likeness (QED) is 0.460. The summed E-state index contributed by atoms with van der Waals surface area (Å²) in [5.74, 6) is 2.44. The number of hydrogen-bond acceptors (Lipinski definition) is 7. The van der Waals surface area contributed by atoms with E-state index in [-0.39, 0.29) is 18.6 Å². The molecule has 40 heavy (non-hydrogen) atoms. The summed E-state index contributed by atoms with van der Waals surface area (Å²) in [6, 6.07) is 20.6. The first-order valence-electron chi connectivity index (χ1n) is 13.6. The van der Waals surface area contributed by atoms with Crippen molar-refractivity contribution in [3.05, 3.63) is 72.3 Å². The average molecular weight is 544 g/mol. The third kappa shape index (κ3) is 4.76. The van der Waals surface area contributed by atoms with Crippen molar-refractivity contribution in [2.45, 2.75) is 18.9 Å².